The number of nitrogens with zero attached hydrogens (tertiary/aromatic N) is 3. The number of halogens is 1. The van der Waals surface area contributed by atoms with Crippen LogP contribution in [-0.4, -0.2) is 19.5 Å². The Morgan fingerprint density at radius 2 is 2.00 bits per heavy atom. The number of H-pyrrole nitrogens is 1. The molecule has 3 aromatic heterocycles. The number of aromatic amines is 1. The van der Waals surface area contributed by atoms with Gasteiger partial charge in [-0.05, 0) is 72.7 Å². The highest BCUT2D eigenvalue weighted by atomic mass is 19.1. The quantitative estimate of drug-likeness (QED) is 0.332. The Bertz CT molecular complexity index is 1820. The number of aryl methyl sites for hydroxylation is 1. The largest absolute Gasteiger partial charge is 0.488 e. The van der Waals surface area contributed by atoms with Crippen LogP contribution < -0.4 is 10.5 Å². The van der Waals surface area contributed by atoms with E-state index < -0.39 is 5.76 Å². The van der Waals surface area contributed by atoms with Gasteiger partial charge in [0.1, 0.15) is 23.8 Å². The van der Waals surface area contributed by atoms with Crippen LogP contribution >= 0.6 is 0 Å². The lowest BCUT2D eigenvalue weighted by atomic mass is 9.89. The van der Waals surface area contributed by atoms with E-state index in [1.807, 2.05) is 6.92 Å². The summed E-state index contributed by atoms with van der Waals surface area (Å²) in [6.07, 6.45) is 5.19. The Hall–Kier alpha value is -4.46. The highest BCUT2D eigenvalue weighted by molar-refractivity contribution is 5.99. The van der Waals surface area contributed by atoms with Crippen LogP contribution in [0.1, 0.15) is 70.7 Å². The third kappa shape index (κ3) is 3.75. The number of pyridine rings is 1. The van der Waals surface area contributed by atoms with Crippen molar-refractivity contribution in [2.24, 2.45) is 0 Å². The van der Waals surface area contributed by atoms with Crippen molar-refractivity contribution >= 4 is 16.8 Å². The molecular weight excluding hydrogens is 483 g/mol. The summed E-state index contributed by atoms with van der Waals surface area (Å²) in [6, 6.07) is 15.0. The average molecular weight is 509 g/mol. The molecule has 1 aliphatic carbocycles. The summed E-state index contributed by atoms with van der Waals surface area (Å²) in [4.78, 5) is 19.3. The molecule has 1 N–H and O–H groups in total. The summed E-state index contributed by atoms with van der Waals surface area (Å²) < 4.78 is 27.3. The highest BCUT2D eigenvalue weighted by Crippen LogP contribution is 2.43. The third-order valence-corrected chi connectivity index (χ3v) is 7.52. The number of imidazole rings is 1. The molecule has 1 fully saturated rings. The number of hydrogen-bond acceptors (Lipinski definition) is 5. The first-order valence-corrected chi connectivity index (χ1v) is 12.7. The normalized spacial score (nSPS) is 16.1. The molecule has 0 spiro atoms. The van der Waals surface area contributed by atoms with E-state index in [-0.39, 0.29) is 12.4 Å². The molecule has 0 bridgehead atoms. The molecule has 0 radical (unpaired) electrons. The molecule has 1 saturated carbocycles. The standard InChI is InChI=1S/C30H25FN4O3/c1-16-4-3-11-35-24(27(19-6-7-19)32-29(16)35)13-18-5-9-22-20(12-18)15-37-25-14-21(31)8-10-23(25)26(22)17(2)28-33-30(36)38-34-28/h3-5,8-12,14,19H,6-7,13,15H2,1-2H3,(H,33,34,36). The van der Waals surface area contributed by atoms with Gasteiger partial charge in [0.15, 0.2) is 5.82 Å². The van der Waals surface area contributed by atoms with E-state index in [1.54, 1.807) is 6.07 Å². The van der Waals surface area contributed by atoms with Crippen molar-refractivity contribution in [3.05, 3.63) is 116 Å². The van der Waals surface area contributed by atoms with Crippen LogP contribution in [-0.2, 0) is 13.0 Å². The molecule has 4 heterocycles. The van der Waals surface area contributed by atoms with Gasteiger partial charge in [0, 0.05) is 35.7 Å². The number of benzene rings is 2. The van der Waals surface area contributed by atoms with E-state index in [0.717, 1.165) is 45.5 Å². The Morgan fingerprint density at radius 1 is 1.16 bits per heavy atom. The van der Waals surface area contributed by atoms with Crippen molar-refractivity contribution in [3.8, 4) is 5.75 Å². The summed E-state index contributed by atoms with van der Waals surface area (Å²) >= 11 is 0. The SMILES string of the molecule is CC(=C1c2ccc(Cc3c(C4CC4)nc4c(C)cccn34)cc2COc2cc(F)ccc21)c1noc(=O)[nH]1. The smallest absolute Gasteiger partial charge is 0.439 e. The van der Waals surface area contributed by atoms with Crippen molar-refractivity contribution < 1.29 is 13.7 Å². The molecule has 0 unspecified atom stereocenters. The zero-order valence-electron chi connectivity index (χ0n) is 21.0. The first-order valence-electron chi connectivity index (χ1n) is 12.7. The predicted octanol–water partition coefficient (Wildman–Crippen LogP) is 5.80. The Kier molecular flexibility index (Phi) is 5.11. The fraction of sp³-hybridized carbons (Fsp3) is 0.233. The summed E-state index contributed by atoms with van der Waals surface area (Å²) in [5.74, 6) is 0.287. The van der Waals surface area contributed by atoms with Gasteiger partial charge in [0.2, 0.25) is 0 Å². The second-order valence-corrected chi connectivity index (χ2v) is 10.1. The van der Waals surface area contributed by atoms with Gasteiger partial charge >= 0.3 is 5.76 Å². The number of hydrogen-bond donors (Lipinski definition) is 1. The van der Waals surface area contributed by atoms with Gasteiger partial charge in [-0.2, -0.15) is 0 Å². The van der Waals surface area contributed by atoms with E-state index in [2.05, 4.69) is 58.0 Å². The van der Waals surface area contributed by atoms with Crippen molar-refractivity contribution in [2.45, 2.75) is 45.6 Å². The first kappa shape index (κ1) is 22.7. The Balaban J connectivity index is 1.36. The van der Waals surface area contributed by atoms with Gasteiger partial charge in [-0.1, -0.05) is 29.4 Å². The molecular formula is C30H25FN4O3. The minimum Gasteiger partial charge on any atom is -0.488 e. The number of rotatable bonds is 4. The van der Waals surface area contributed by atoms with Crippen LogP contribution in [0.4, 0.5) is 4.39 Å². The van der Waals surface area contributed by atoms with E-state index in [1.165, 1.54) is 36.4 Å². The van der Waals surface area contributed by atoms with Gasteiger partial charge in [0.05, 0.1) is 11.4 Å². The number of nitrogens with one attached hydrogen (secondary N) is 1. The van der Waals surface area contributed by atoms with E-state index in [0.29, 0.717) is 23.1 Å². The number of fused-ring (bicyclic) bond motifs is 3. The van der Waals surface area contributed by atoms with Crippen molar-refractivity contribution in [3.63, 3.8) is 0 Å². The molecule has 7 rings (SSSR count). The van der Waals surface area contributed by atoms with Crippen LogP contribution in [0.25, 0.3) is 16.8 Å². The predicted molar refractivity (Wildman–Crippen MR) is 141 cm³/mol. The minimum atomic E-state index is -0.630. The second kappa shape index (κ2) is 8.55. The van der Waals surface area contributed by atoms with Gasteiger partial charge in [0.25, 0.3) is 0 Å². The lowest BCUT2D eigenvalue weighted by Gasteiger charge is -2.14. The van der Waals surface area contributed by atoms with E-state index >= 15 is 0 Å². The molecule has 5 aromatic rings. The van der Waals surface area contributed by atoms with Crippen LogP contribution in [0.3, 0.4) is 0 Å². The average Bonchev–Trinajstić information content (AvgIpc) is 3.59. The number of ether oxygens (including phenoxy) is 1. The summed E-state index contributed by atoms with van der Waals surface area (Å²) in [5.41, 5.74) is 9.89. The zero-order chi connectivity index (χ0) is 26.0. The lowest BCUT2D eigenvalue weighted by Crippen LogP contribution is -2.02. The maximum Gasteiger partial charge on any atom is 0.439 e. The van der Waals surface area contributed by atoms with Crippen molar-refractivity contribution in [1.29, 1.82) is 0 Å². The van der Waals surface area contributed by atoms with E-state index in [9.17, 15) is 9.18 Å². The van der Waals surface area contributed by atoms with Crippen LogP contribution in [0.15, 0.2) is 64.0 Å². The molecule has 0 atom stereocenters. The van der Waals surface area contributed by atoms with Crippen molar-refractivity contribution in [2.75, 3.05) is 0 Å². The van der Waals surface area contributed by atoms with Crippen LogP contribution in [0.2, 0.25) is 0 Å². The highest BCUT2D eigenvalue weighted by Gasteiger charge is 2.30. The minimum absolute atomic E-state index is 0.285. The maximum atomic E-state index is 14.2. The molecule has 0 saturated heterocycles. The molecule has 7 nitrogen and oxygen atoms in total. The van der Waals surface area contributed by atoms with Gasteiger partial charge in [-0.15, -0.1) is 0 Å². The monoisotopic (exact) mass is 508 g/mol. The lowest BCUT2D eigenvalue weighted by molar-refractivity contribution is 0.305. The molecule has 0 amide bonds. The first-order chi connectivity index (χ1) is 18.5. The topological polar surface area (TPSA) is 85.4 Å². The maximum absolute atomic E-state index is 14.2. The summed E-state index contributed by atoms with van der Waals surface area (Å²) in [7, 11) is 0. The molecule has 2 aromatic carbocycles. The van der Waals surface area contributed by atoms with E-state index in [4.69, 9.17) is 14.2 Å². The molecule has 190 valence electrons. The third-order valence-electron chi connectivity index (χ3n) is 7.52. The molecule has 1 aliphatic heterocycles. The summed E-state index contributed by atoms with van der Waals surface area (Å²) in [6.45, 7) is 4.25. The fourth-order valence-corrected chi connectivity index (χ4v) is 5.48. The van der Waals surface area contributed by atoms with Gasteiger partial charge in [-0.25, -0.2) is 14.2 Å². The zero-order valence-corrected chi connectivity index (χ0v) is 21.0. The molecule has 8 heteroatoms. The molecule has 2 aliphatic rings. The van der Waals surface area contributed by atoms with Gasteiger partial charge < -0.3 is 9.14 Å². The fourth-order valence-electron chi connectivity index (χ4n) is 5.48. The second-order valence-electron chi connectivity index (χ2n) is 10.1. The van der Waals surface area contributed by atoms with Crippen molar-refractivity contribution in [1.82, 2.24) is 19.5 Å². The Morgan fingerprint density at radius 3 is 2.79 bits per heavy atom. The molecule has 38 heavy (non-hydrogen) atoms. The number of allylic oxidation sites excluding steroid dienone is 1. The number of aromatic nitrogens is 4. The van der Waals surface area contributed by atoms with Crippen LogP contribution in [0, 0.1) is 12.7 Å². The summed E-state index contributed by atoms with van der Waals surface area (Å²) in [5, 5.41) is 3.89. The van der Waals surface area contributed by atoms with Gasteiger partial charge in [-0.3, -0.25) is 9.51 Å². The van der Waals surface area contributed by atoms with Crippen LogP contribution in [0.5, 0.6) is 5.75 Å². The Labute approximate surface area is 217 Å².